The molecule has 0 bridgehead atoms. The Morgan fingerprint density at radius 3 is 2.35 bits per heavy atom. The van der Waals surface area contributed by atoms with E-state index in [0.717, 1.165) is 21.9 Å². The summed E-state index contributed by atoms with van der Waals surface area (Å²) in [6, 6.07) is 0. The van der Waals surface area contributed by atoms with Gasteiger partial charge < -0.3 is 10.1 Å². The Morgan fingerprint density at radius 2 is 1.85 bits per heavy atom. The number of methoxy groups -OCH3 is 1. The lowest BCUT2D eigenvalue weighted by molar-refractivity contribution is 0.00904. The molecular weight excluding hydrogens is 270 g/mol. The molecule has 0 fully saturated rings. The summed E-state index contributed by atoms with van der Waals surface area (Å²) in [6.45, 7) is 10.7. The van der Waals surface area contributed by atoms with Crippen molar-refractivity contribution in [2.24, 2.45) is 5.41 Å². The van der Waals surface area contributed by atoms with E-state index in [1.807, 2.05) is 7.05 Å². The van der Waals surface area contributed by atoms with E-state index in [9.17, 15) is 0 Å². The molecule has 1 atom stereocenters. The molecule has 2 aromatic rings. The number of nitrogens with one attached hydrogen (secondary N) is 1. The van der Waals surface area contributed by atoms with E-state index >= 15 is 0 Å². The number of fused-ring (bicyclic) bond motifs is 1. The number of hydrogen-bond acceptors (Lipinski definition) is 5. The minimum atomic E-state index is -0.123. The minimum absolute atomic E-state index is 0.0468. The van der Waals surface area contributed by atoms with E-state index in [0.29, 0.717) is 0 Å². The highest BCUT2D eigenvalue weighted by Crippen LogP contribution is 2.38. The van der Waals surface area contributed by atoms with Gasteiger partial charge in [0.2, 0.25) is 0 Å². The highest BCUT2D eigenvalue weighted by molar-refractivity contribution is 7.18. The van der Waals surface area contributed by atoms with E-state index in [-0.39, 0.29) is 11.5 Å². The van der Waals surface area contributed by atoms with Gasteiger partial charge in [-0.1, -0.05) is 20.8 Å². The van der Waals surface area contributed by atoms with Crippen molar-refractivity contribution in [1.29, 1.82) is 0 Å². The van der Waals surface area contributed by atoms with Gasteiger partial charge in [0.25, 0.3) is 0 Å². The topological polar surface area (TPSA) is 47.0 Å². The lowest BCUT2D eigenvalue weighted by Gasteiger charge is -2.28. The molecule has 0 aliphatic rings. The molecule has 5 heteroatoms. The van der Waals surface area contributed by atoms with Gasteiger partial charge in [0.15, 0.2) is 5.82 Å². The third kappa shape index (κ3) is 2.52. The van der Waals surface area contributed by atoms with Gasteiger partial charge >= 0.3 is 0 Å². The first kappa shape index (κ1) is 15.2. The third-order valence-corrected chi connectivity index (χ3v) is 4.64. The molecule has 0 radical (unpaired) electrons. The molecule has 0 amide bonds. The van der Waals surface area contributed by atoms with Gasteiger partial charge in [-0.25, -0.2) is 9.97 Å². The van der Waals surface area contributed by atoms with Gasteiger partial charge in [0, 0.05) is 19.0 Å². The molecule has 1 N–H and O–H groups in total. The van der Waals surface area contributed by atoms with Crippen LogP contribution in [0.2, 0.25) is 0 Å². The predicted molar refractivity (Wildman–Crippen MR) is 85.6 cm³/mol. The molecule has 0 saturated heterocycles. The van der Waals surface area contributed by atoms with Crippen molar-refractivity contribution >= 4 is 27.4 Å². The van der Waals surface area contributed by atoms with Crippen LogP contribution in [0.15, 0.2) is 0 Å². The lowest BCUT2D eigenvalue weighted by atomic mass is 9.88. The van der Waals surface area contributed by atoms with Gasteiger partial charge in [-0.15, -0.1) is 11.3 Å². The summed E-state index contributed by atoms with van der Waals surface area (Å²) in [5.74, 6) is 1.64. The molecule has 0 saturated carbocycles. The van der Waals surface area contributed by atoms with Gasteiger partial charge in [0.1, 0.15) is 16.8 Å². The van der Waals surface area contributed by atoms with Crippen molar-refractivity contribution < 1.29 is 4.74 Å². The van der Waals surface area contributed by atoms with Crippen LogP contribution >= 0.6 is 11.3 Å². The predicted octanol–water partition coefficient (Wildman–Crippen LogP) is 4.08. The first-order valence-corrected chi connectivity index (χ1v) is 7.59. The maximum atomic E-state index is 5.64. The molecule has 4 nitrogen and oxygen atoms in total. The Labute approximate surface area is 124 Å². The van der Waals surface area contributed by atoms with Crippen LogP contribution in [0, 0.1) is 19.3 Å². The second kappa shape index (κ2) is 5.30. The van der Waals surface area contributed by atoms with Crippen LogP contribution in [0.1, 0.15) is 43.1 Å². The van der Waals surface area contributed by atoms with Crippen LogP contribution in [0.4, 0.5) is 5.82 Å². The van der Waals surface area contributed by atoms with Gasteiger partial charge in [-0.2, -0.15) is 0 Å². The molecular formula is C15H23N3OS. The van der Waals surface area contributed by atoms with E-state index in [2.05, 4.69) is 39.9 Å². The van der Waals surface area contributed by atoms with Crippen LogP contribution in [-0.2, 0) is 4.74 Å². The lowest BCUT2D eigenvalue weighted by Crippen LogP contribution is -2.22. The van der Waals surface area contributed by atoms with Crippen molar-refractivity contribution in [2.45, 2.75) is 40.7 Å². The van der Waals surface area contributed by atoms with E-state index in [1.165, 1.54) is 10.4 Å². The number of nitrogens with zero attached hydrogens (tertiary/aromatic N) is 2. The average Bonchev–Trinajstić information content (AvgIpc) is 2.63. The zero-order chi connectivity index (χ0) is 15.1. The number of ether oxygens (including phenoxy) is 1. The average molecular weight is 293 g/mol. The van der Waals surface area contributed by atoms with E-state index in [1.54, 1.807) is 18.4 Å². The number of anilines is 1. The number of aryl methyl sites for hydroxylation is 2. The second-order valence-corrected chi connectivity index (χ2v) is 7.33. The normalized spacial score (nSPS) is 13.8. The third-order valence-electron chi connectivity index (χ3n) is 3.54. The van der Waals surface area contributed by atoms with Gasteiger partial charge in [-0.3, -0.25) is 0 Å². The molecule has 20 heavy (non-hydrogen) atoms. The summed E-state index contributed by atoms with van der Waals surface area (Å²) in [4.78, 5) is 11.7. The van der Waals surface area contributed by atoms with Crippen molar-refractivity contribution in [2.75, 3.05) is 19.5 Å². The molecule has 1 unspecified atom stereocenters. The Bertz CT molecular complexity index is 628. The second-order valence-electron chi connectivity index (χ2n) is 6.13. The molecule has 0 aliphatic carbocycles. The zero-order valence-electron chi connectivity index (χ0n) is 13.3. The summed E-state index contributed by atoms with van der Waals surface area (Å²) in [6.07, 6.45) is -0.123. The zero-order valence-corrected chi connectivity index (χ0v) is 14.1. The van der Waals surface area contributed by atoms with Crippen LogP contribution in [0.25, 0.3) is 10.2 Å². The number of aromatic nitrogens is 2. The number of rotatable bonds is 3. The summed E-state index contributed by atoms with van der Waals surface area (Å²) < 4.78 is 5.64. The fourth-order valence-corrected chi connectivity index (χ4v) is 3.45. The molecule has 2 aromatic heterocycles. The molecule has 0 aromatic carbocycles. The monoisotopic (exact) mass is 293 g/mol. The summed E-state index contributed by atoms with van der Waals surface area (Å²) in [5, 5.41) is 4.32. The number of hydrogen-bond donors (Lipinski definition) is 1. The maximum absolute atomic E-state index is 5.64. The highest BCUT2D eigenvalue weighted by Gasteiger charge is 2.30. The minimum Gasteiger partial charge on any atom is -0.373 e. The Morgan fingerprint density at radius 1 is 1.20 bits per heavy atom. The Balaban J connectivity index is 2.68. The van der Waals surface area contributed by atoms with E-state index in [4.69, 9.17) is 14.7 Å². The summed E-state index contributed by atoms with van der Waals surface area (Å²) >= 11 is 1.71. The van der Waals surface area contributed by atoms with Crippen molar-refractivity contribution in [3.8, 4) is 0 Å². The molecule has 2 heterocycles. The smallest absolute Gasteiger partial charge is 0.161 e. The maximum Gasteiger partial charge on any atom is 0.161 e. The van der Waals surface area contributed by atoms with Gasteiger partial charge in [0.05, 0.1) is 5.39 Å². The molecule has 2 rings (SSSR count). The molecule has 0 spiro atoms. The Hall–Kier alpha value is -1.20. The van der Waals surface area contributed by atoms with Crippen molar-refractivity contribution in [3.63, 3.8) is 0 Å². The Kier molecular flexibility index (Phi) is 4.02. The fraction of sp³-hybridized carbons (Fsp3) is 0.600. The number of thiophene rings is 1. The largest absolute Gasteiger partial charge is 0.373 e. The SMILES string of the molecule is CNc1nc(C(OC)C(C)(C)C)nc2sc(C)c(C)c12. The molecule has 110 valence electrons. The van der Waals surface area contributed by atoms with Crippen molar-refractivity contribution in [3.05, 3.63) is 16.3 Å². The van der Waals surface area contributed by atoms with Crippen LogP contribution in [-0.4, -0.2) is 24.1 Å². The van der Waals surface area contributed by atoms with Crippen molar-refractivity contribution in [1.82, 2.24) is 9.97 Å². The van der Waals surface area contributed by atoms with Crippen LogP contribution in [0.5, 0.6) is 0 Å². The quantitative estimate of drug-likeness (QED) is 0.926. The van der Waals surface area contributed by atoms with Crippen LogP contribution in [0.3, 0.4) is 0 Å². The van der Waals surface area contributed by atoms with E-state index < -0.39 is 0 Å². The standard InChI is InChI=1S/C15H23N3OS/c1-8-9(2)20-14-10(8)12(16-6)17-13(18-14)11(19-7)15(3,4)5/h11H,1-7H3,(H,16,17,18). The van der Waals surface area contributed by atoms with Crippen LogP contribution < -0.4 is 5.32 Å². The summed E-state index contributed by atoms with van der Waals surface area (Å²) in [5.41, 5.74) is 1.21. The highest BCUT2D eigenvalue weighted by atomic mass is 32.1. The fourth-order valence-electron chi connectivity index (χ4n) is 2.41. The first-order valence-electron chi connectivity index (χ1n) is 6.77. The first-order chi connectivity index (χ1) is 9.29. The molecule has 0 aliphatic heterocycles. The summed E-state index contributed by atoms with van der Waals surface area (Å²) in [7, 11) is 3.62. The van der Waals surface area contributed by atoms with Gasteiger partial charge in [-0.05, 0) is 24.8 Å².